The summed E-state index contributed by atoms with van der Waals surface area (Å²) in [7, 11) is 0. The van der Waals surface area contributed by atoms with E-state index in [4.69, 9.17) is 17.0 Å². The molecule has 2 unspecified atom stereocenters. The molecule has 3 nitrogen and oxygen atoms in total. The molecule has 1 saturated carbocycles. The minimum atomic E-state index is -1.59. The van der Waals surface area contributed by atoms with Gasteiger partial charge in [-0.1, -0.05) is 41.9 Å². The highest BCUT2D eigenvalue weighted by molar-refractivity contribution is 6.30. The van der Waals surface area contributed by atoms with Gasteiger partial charge in [-0.05, 0) is 91.3 Å². The van der Waals surface area contributed by atoms with Crippen LogP contribution in [-0.2, 0) is 0 Å². The second kappa shape index (κ2) is 10.0. The van der Waals surface area contributed by atoms with Crippen molar-refractivity contribution in [2.24, 2.45) is 11.8 Å². The van der Waals surface area contributed by atoms with Crippen molar-refractivity contribution in [1.82, 2.24) is 4.90 Å². The molecule has 1 aliphatic heterocycles. The molecule has 0 bridgehead atoms. The number of alkyl halides is 1. The molecule has 3 aromatic rings. The van der Waals surface area contributed by atoms with Crippen LogP contribution in [0.4, 0.5) is 8.78 Å². The second-order valence-electron chi connectivity index (χ2n) is 10.9. The average molecular weight is 518 g/mol. The Bertz CT molecular complexity index is 1350. The third-order valence-electron chi connectivity index (χ3n) is 7.61. The summed E-state index contributed by atoms with van der Waals surface area (Å²) in [4.78, 5) is 2.30. The van der Waals surface area contributed by atoms with Gasteiger partial charge in [0.15, 0.2) is 0 Å². The van der Waals surface area contributed by atoms with Gasteiger partial charge in [0.25, 0.3) is 0 Å². The van der Waals surface area contributed by atoms with Crippen molar-refractivity contribution in [3.05, 3.63) is 105 Å². The van der Waals surface area contributed by atoms with Crippen LogP contribution in [0.15, 0.2) is 66.7 Å². The zero-order valence-electron chi connectivity index (χ0n) is 21.0. The Labute approximate surface area is 222 Å². The quantitative estimate of drug-likeness (QED) is 0.311. The molecule has 0 radical (unpaired) electrons. The van der Waals surface area contributed by atoms with Gasteiger partial charge in [-0.25, -0.2) is 8.78 Å². The van der Waals surface area contributed by atoms with Crippen LogP contribution in [-0.4, -0.2) is 29.4 Å². The van der Waals surface area contributed by atoms with Gasteiger partial charge in [0.1, 0.15) is 11.5 Å². The van der Waals surface area contributed by atoms with Gasteiger partial charge in [-0.2, -0.15) is 5.26 Å². The Morgan fingerprint density at radius 2 is 1.73 bits per heavy atom. The van der Waals surface area contributed by atoms with E-state index in [1.165, 1.54) is 26.0 Å². The van der Waals surface area contributed by atoms with Crippen molar-refractivity contribution in [1.29, 1.82) is 10.7 Å². The monoisotopic (exact) mass is 517 g/mol. The lowest BCUT2D eigenvalue weighted by molar-refractivity contribution is 0.00812. The lowest BCUT2D eigenvalue weighted by Gasteiger charge is -2.50. The van der Waals surface area contributed by atoms with Crippen LogP contribution in [0.1, 0.15) is 66.5 Å². The number of nitrogens with zero attached hydrogens (tertiary/aromatic N) is 2. The smallest absolute Gasteiger partial charge is 0.124 e. The molecule has 37 heavy (non-hydrogen) atoms. The molecule has 1 saturated heterocycles. The first-order valence-electron chi connectivity index (χ1n) is 12.7. The van der Waals surface area contributed by atoms with E-state index < -0.39 is 17.4 Å². The van der Waals surface area contributed by atoms with Crippen molar-refractivity contribution in [2.75, 3.05) is 13.1 Å². The lowest BCUT2D eigenvalue weighted by Crippen LogP contribution is -2.53. The molecule has 3 aromatic carbocycles. The maximum Gasteiger partial charge on any atom is 0.124 e. The summed E-state index contributed by atoms with van der Waals surface area (Å²) in [6, 6.07) is 22.0. The van der Waals surface area contributed by atoms with Crippen LogP contribution in [0, 0.1) is 34.4 Å². The van der Waals surface area contributed by atoms with Crippen molar-refractivity contribution < 1.29 is 8.78 Å². The normalized spacial score (nSPS) is 18.1. The highest BCUT2D eigenvalue weighted by Gasteiger charge is 2.45. The summed E-state index contributed by atoms with van der Waals surface area (Å²) in [5.74, 6) is -0.758. The number of benzene rings is 3. The van der Waals surface area contributed by atoms with Gasteiger partial charge in [0.2, 0.25) is 0 Å². The number of rotatable bonds is 8. The number of likely N-dealkylation sites (tertiary alicyclic amines) is 1. The summed E-state index contributed by atoms with van der Waals surface area (Å²) in [5.41, 5.74) is 2.93. The standard InChI is InChI=1S/C31H30ClF2N3/c1-31(2,34)28(24-12-19(16-35)13-27(33)15-24)25-17-37(18-25)30(21-8-10-26(32)11-9-21)23-5-3-4-22(14-23)29(36)20-6-7-20/h3-5,8-15,20,25,28,30,36H,6-7,17-18H2,1-2H3. The average Bonchev–Trinajstić information content (AvgIpc) is 3.68. The van der Waals surface area contributed by atoms with E-state index in [1.54, 1.807) is 6.07 Å². The topological polar surface area (TPSA) is 50.9 Å². The summed E-state index contributed by atoms with van der Waals surface area (Å²) in [5, 5.41) is 18.5. The SMILES string of the molecule is CC(C)(F)C(c1cc(F)cc(C#N)c1)C1CN(C(c2ccc(Cl)cc2)c2cccc(C(=N)C3CC3)c2)C1. The van der Waals surface area contributed by atoms with Crippen LogP contribution in [0.25, 0.3) is 0 Å². The third kappa shape index (κ3) is 5.46. The van der Waals surface area contributed by atoms with Gasteiger partial charge >= 0.3 is 0 Å². The Balaban J connectivity index is 1.46. The molecule has 2 aliphatic rings. The number of halogens is 3. The number of nitrogens with one attached hydrogen (secondary N) is 1. The van der Waals surface area contributed by atoms with Crippen LogP contribution in [0.5, 0.6) is 0 Å². The molecule has 0 amide bonds. The second-order valence-corrected chi connectivity index (χ2v) is 11.3. The van der Waals surface area contributed by atoms with E-state index in [2.05, 4.69) is 17.0 Å². The molecular weight excluding hydrogens is 488 g/mol. The summed E-state index contributed by atoms with van der Waals surface area (Å²) in [6.45, 7) is 4.30. The highest BCUT2D eigenvalue weighted by Crippen LogP contribution is 2.46. The molecule has 0 aromatic heterocycles. The minimum absolute atomic E-state index is 0.0453. The largest absolute Gasteiger partial charge is 0.304 e. The van der Waals surface area contributed by atoms with Crippen molar-refractivity contribution in [2.45, 2.75) is 44.3 Å². The Kier molecular flexibility index (Phi) is 6.91. The Morgan fingerprint density at radius 3 is 2.35 bits per heavy atom. The molecular formula is C31H30ClF2N3. The van der Waals surface area contributed by atoms with Crippen LogP contribution in [0.2, 0.25) is 5.02 Å². The van der Waals surface area contributed by atoms with E-state index in [-0.39, 0.29) is 17.5 Å². The summed E-state index contributed by atoms with van der Waals surface area (Å²) >= 11 is 6.18. The van der Waals surface area contributed by atoms with E-state index in [0.29, 0.717) is 35.3 Å². The minimum Gasteiger partial charge on any atom is -0.304 e. The van der Waals surface area contributed by atoms with Crippen molar-refractivity contribution >= 4 is 17.3 Å². The van der Waals surface area contributed by atoms with E-state index >= 15 is 4.39 Å². The first kappa shape index (κ1) is 25.6. The van der Waals surface area contributed by atoms with Gasteiger partial charge < -0.3 is 5.41 Å². The number of hydrogen-bond acceptors (Lipinski definition) is 3. The zero-order valence-corrected chi connectivity index (χ0v) is 21.8. The Hall–Kier alpha value is -3.07. The lowest BCUT2D eigenvalue weighted by atomic mass is 9.72. The number of nitriles is 1. The molecule has 6 heteroatoms. The molecule has 2 atom stereocenters. The van der Waals surface area contributed by atoms with E-state index in [1.807, 2.05) is 42.5 Å². The fourth-order valence-corrected chi connectivity index (χ4v) is 5.93. The maximum atomic E-state index is 15.6. The molecule has 5 rings (SSSR count). The first-order chi connectivity index (χ1) is 17.6. The first-order valence-corrected chi connectivity index (χ1v) is 13.1. The summed E-state index contributed by atoms with van der Waals surface area (Å²) < 4.78 is 29.8. The van der Waals surface area contributed by atoms with Crippen LogP contribution in [0.3, 0.4) is 0 Å². The van der Waals surface area contributed by atoms with Crippen LogP contribution < -0.4 is 0 Å². The highest BCUT2D eigenvalue weighted by atomic mass is 35.5. The van der Waals surface area contributed by atoms with Crippen molar-refractivity contribution in [3.63, 3.8) is 0 Å². The molecule has 2 fully saturated rings. The van der Waals surface area contributed by atoms with Gasteiger partial charge in [0, 0.05) is 35.7 Å². The molecule has 0 spiro atoms. The molecule has 1 heterocycles. The number of hydrogen-bond donors (Lipinski definition) is 1. The predicted octanol–water partition coefficient (Wildman–Crippen LogP) is 7.68. The van der Waals surface area contributed by atoms with Gasteiger partial charge in [-0.3, -0.25) is 4.90 Å². The van der Waals surface area contributed by atoms with E-state index in [0.717, 1.165) is 29.5 Å². The summed E-state index contributed by atoms with van der Waals surface area (Å²) in [6.07, 6.45) is 2.15. The molecule has 190 valence electrons. The van der Waals surface area contributed by atoms with Gasteiger partial charge in [0.05, 0.1) is 17.7 Å². The molecule has 1 N–H and O–H groups in total. The zero-order chi connectivity index (χ0) is 26.3. The fourth-order valence-electron chi connectivity index (χ4n) is 5.80. The fraction of sp³-hybridized carbons (Fsp3) is 0.355. The Morgan fingerprint density at radius 1 is 1.03 bits per heavy atom. The van der Waals surface area contributed by atoms with Crippen LogP contribution >= 0.6 is 11.6 Å². The van der Waals surface area contributed by atoms with E-state index in [9.17, 15) is 9.65 Å². The van der Waals surface area contributed by atoms with Crippen molar-refractivity contribution in [3.8, 4) is 6.07 Å². The van der Waals surface area contributed by atoms with Gasteiger partial charge in [-0.15, -0.1) is 0 Å². The third-order valence-corrected chi connectivity index (χ3v) is 7.86. The predicted molar refractivity (Wildman–Crippen MR) is 143 cm³/mol. The maximum absolute atomic E-state index is 15.6. The molecule has 1 aliphatic carbocycles.